The highest BCUT2D eigenvalue weighted by Gasteiger charge is 2.50. The van der Waals surface area contributed by atoms with Gasteiger partial charge in [0.2, 0.25) is 0 Å². The molecule has 2 unspecified atom stereocenters. The second-order valence-electron chi connectivity index (χ2n) is 18.8. The minimum Gasteiger partial charge on any atom is -0.393 e. The molecule has 6 rings (SSSR count). The van der Waals surface area contributed by atoms with Crippen molar-refractivity contribution in [2.45, 2.75) is 148 Å². The third kappa shape index (κ3) is 8.18. The second-order valence-corrected chi connectivity index (χ2v) is 22.4. The van der Waals surface area contributed by atoms with Crippen LogP contribution in [0.5, 0.6) is 0 Å². The Morgan fingerprint density at radius 1 is 0.436 bits per heavy atom. The zero-order valence-electron chi connectivity index (χ0n) is 35.8. The van der Waals surface area contributed by atoms with E-state index >= 15 is 0 Å². The summed E-state index contributed by atoms with van der Waals surface area (Å²) in [4.78, 5) is 0. The lowest BCUT2D eigenvalue weighted by atomic mass is 9.73. The van der Waals surface area contributed by atoms with Crippen LogP contribution >= 0.6 is 7.92 Å². The molecule has 5 aromatic rings. The molecular formula is C53H67OP. The smallest absolute Gasteiger partial charge is 0.0557 e. The molecular weight excluding hydrogens is 684 g/mol. The SMILES string of the molecule is CC(C)c1cccc(C(C)C)c1C(c1ccccc1)c1cccc(C(c2ccccc2)c2c(C(C)C)cccc2C(C)C)c1P1C(C)(C)CC(O)CC1(C)C. The van der Waals surface area contributed by atoms with E-state index in [0.717, 1.165) is 12.8 Å². The van der Waals surface area contributed by atoms with E-state index in [4.69, 9.17) is 0 Å². The highest BCUT2D eigenvalue weighted by Crippen LogP contribution is 2.67. The van der Waals surface area contributed by atoms with Crippen LogP contribution in [0.4, 0.5) is 0 Å². The zero-order valence-corrected chi connectivity index (χ0v) is 36.7. The first kappa shape index (κ1) is 41.1. The summed E-state index contributed by atoms with van der Waals surface area (Å²) in [7, 11) is -0.808. The fourth-order valence-corrected chi connectivity index (χ4v) is 14.9. The van der Waals surface area contributed by atoms with Gasteiger partial charge in [0.15, 0.2) is 0 Å². The van der Waals surface area contributed by atoms with Crippen LogP contribution in [0.15, 0.2) is 115 Å². The summed E-state index contributed by atoms with van der Waals surface area (Å²) in [6.07, 6.45) is 1.31. The number of aliphatic hydroxyl groups is 1. The van der Waals surface area contributed by atoms with Crippen LogP contribution in [0.25, 0.3) is 0 Å². The molecule has 290 valence electrons. The molecule has 5 aromatic carbocycles. The van der Waals surface area contributed by atoms with Crippen molar-refractivity contribution in [3.8, 4) is 0 Å². The Hall–Kier alpha value is -3.51. The maximum atomic E-state index is 11.5. The molecule has 2 heteroatoms. The molecule has 0 bridgehead atoms. The molecule has 1 saturated heterocycles. The number of aliphatic hydroxyl groups excluding tert-OH is 1. The summed E-state index contributed by atoms with van der Waals surface area (Å²) >= 11 is 0. The van der Waals surface area contributed by atoms with Gasteiger partial charge < -0.3 is 5.11 Å². The predicted molar refractivity (Wildman–Crippen MR) is 240 cm³/mol. The van der Waals surface area contributed by atoms with Gasteiger partial charge in [0, 0.05) is 11.8 Å². The van der Waals surface area contributed by atoms with E-state index in [2.05, 4.69) is 198 Å². The fourth-order valence-electron chi connectivity index (χ4n) is 10.3. The third-order valence-electron chi connectivity index (χ3n) is 12.3. The number of rotatable bonds is 11. The fraction of sp³-hybridized carbons (Fsp3) is 0.434. The van der Waals surface area contributed by atoms with Crippen molar-refractivity contribution in [3.05, 3.63) is 171 Å². The van der Waals surface area contributed by atoms with Crippen molar-refractivity contribution >= 4 is 13.2 Å². The van der Waals surface area contributed by atoms with Crippen LogP contribution < -0.4 is 5.30 Å². The van der Waals surface area contributed by atoms with Crippen LogP contribution in [0.3, 0.4) is 0 Å². The van der Waals surface area contributed by atoms with Crippen molar-refractivity contribution in [1.82, 2.24) is 0 Å². The first-order valence-corrected chi connectivity index (χ1v) is 22.4. The maximum Gasteiger partial charge on any atom is 0.0557 e. The van der Waals surface area contributed by atoms with Gasteiger partial charge in [0.25, 0.3) is 0 Å². The average Bonchev–Trinajstić information content (AvgIpc) is 3.12. The molecule has 1 fully saturated rings. The Bertz CT molecular complexity index is 1860. The first-order chi connectivity index (χ1) is 26.0. The van der Waals surface area contributed by atoms with Crippen LogP contribution in [0.1, 0.15) is 187 Å². The molecule has 0 saturated carbocycles. The lowest BCUT2D eigenvalue weighted by Crippen LogP contribution is -2.46. The Morgan fingerprint density at radius 2 is 0.727 bits per heavy atom. The lowest BCUT2D eigenvalue weighted by Gasteiger charge is -2.53. The highest BCUT2D eigenvalue weighted by atomic mass is 31.1. The lowest BCUT2D eigenvalue weighted by molar-refractivity contribution is 0.125. The molecule has 0 aromatic heterocycles. The van der Waals surface area contributed by atoms with Crippen molar-refractivity contribution in [1.29, 1.82) is 0 Å². The van der Waals surface area contributed by atoms with Gasteiger partial charge in [-0.2, -0.15) is 0 Å². The van der Waals surface area contributed by atoms with Crippen molar-refractivity contribution in [2.75, 3.05) is 0 Å². The molecule has 0 spiro atoms. The number of hydrogen-bond donors (Lipinski definition) is 1. The minimum absolute atomic E-state index is 0.0504. The van der Waals surface area contributed by atoms with Gasteiger partial charge in [-0.25, -0.2) is 0 Å². The highest BCUT2D eigenvalue weighted by molar-refractivity contribution is 7.68. The Balaban J connectivity index is 1.85. The molecule has 0 radical (unpaired) electrons. The van der Waals surface area contributed by atoms with Gasteiger partial charge in [-0.1, -0.05) is 206 Å². The largest absolute Gasteiger partial charge is 0.393 e. The summed E-state index contributed by atoms with van der Waals surface area (Å²) in [5.74, 6) is 1.60. The third-order valence-corrected chi connectivity index (χ3v) is 16.1. The van der Waals surface area contributed by atoms with Crippen molar-refractivity contribution in [2.24, 2.45) is 0 Å². The molecule has 1 heterocycles. The summed E-state index contributed by atoms with van der Waals surface area (Å²) < 4.78 is 0. The minimum atomic E-state index is -0.808. The van der Waals surface area contributed by atoms with E-state index < -0.39 is 7.92 Å². The quantitative estimate of drug-likeness (QED) is 0.105. The summed E-state index contributed by atoms with van der Waals surface area (Å²) in [5.41, 5.74) is 14.3. The van der Waals surface area contributed by atoms with Crippen LogP contribution in [0.2, 0.25) is 0 Å². The van der Waals surface area contributed by atoms with E-state index in [9.17, 15) is 5.11 Å². The van der Waals surface area contributed by atoms with E-state index in [-0.39, 0.29) is 28.3 Å². The van der Waals surface area contributed by atoms with E-state index in [1.54, 1.807) is 5.30 Å². The molecule has 1 aliphatic rings. The molecule has 1 aliphatic heterocycles. The standard InChI is InChI=1S/C53H67OP/c1-34(2)41-26-19-27-42(35(3)4)49(41)47(38-22-15-13-16-23-38)45-30-21-31-46(51(45)55-52(9,10)32-40(54)33-53(55,11)12)48(39-24-17-14-18-25-39)50-43(36(5)6)28-20-29-44(50)37(7)8/h13-31,34-37,40,47-48,54H,32-33H2,1-12H3. The summed E-state index contributed by atoms with van der Waals surface area (Å²) in [6, 6.07) is 44.3. The van der Waals surface area contributed by atoms with Crippen LogP contribution in [-0.2, 0) is 0 Å². The van der Waals surface area contributed by atoms with E-state index in [1.807, 2.05) is 0 Å². The first-order valence-electron chi connectivity index (χ1n) is 21.0. The van der Waals surface area contributed by atoms with Gasteiger partial charge in [0.05, 0.1) is 6.10 Å². The van der Waals surface area contributed by atoms with Crippen LogP contribution in [-0.4, -0.2) is 21.5 Å². The van der Waals surface area contributed by atoms with Gasteiger partial charge in [-0.3, -0.25) is 0 Å². The summed E-state index contributed by atoms with van der Waals surface area (Å²) in [6.45, 7) is 28.8. The van der Waals surface area contributed by atoms with Gasteiger partial charge in [0.1, 0.15) is 0 Å². The number of hydrogen-bond acceptors (Lipinski definition) is 1. The Labute approximate surface area is 335 Å². The number of benzene rings is 5. The Morgan fingerprint density at radius 3 is 1.02 bits per heavy atom. The molecule has 2 atom stereocenters. The monoisotopic (exact) mass is 750 g/mol. The average molecular weight is 751 g/mol. The van der Waals surface area contributed by atoms with Gasteiger partial charge in [-0.05, 0) is 108 Å². The maximum absolute atomic E-state index is 11.5. The normalized spacial score (nSPS) is 19.3. The molecule has 55 heavy (non-hydrogen) atoms. The van der Waals surface area contributed by atoms with Crippen molar-refractivity contribution < 1.29 is 5.11 Å². The Kier molecular flexibility index (Phi) is 12.4. The van der Waals surface area contributed by atoms with Crippen LogP contribution in [0, 0.1) is 0 Å². The molecule has 0 amide bonds. The van der Waals surface area contributed by atoms with Gasteiger partial charge >= 0.3 is 0 Å². The van der Waals surface area contributed by atoms with E-state index in [1.165, 1.54) is 55.6 Å². The van der Waals surface area contributed by atoms with Gasteiger partial charge in [-0.15, -0.1) is 0 Å². The van der Waals surface area contributed by atoms with Crippen molar-refractivity contribution in [3.63, 3.8) is 0 Å². The molecule has 1 nitrogen and oxygen atoms in total. The topological polar surface area (TPSA) is 20.2 Å². The summed E-state index contributed by atoms with van der Waals surface area (Å²) in [5, 5.41) is 12.9. The predicted octanol–water partition coefficient (Wildman–Crippen LogP) is 14.4. The zero-order chi connectivity index (χ0) is 39.8. The molecule has 0 aliphatic carbocycles. The van der Waals surface area contributed by atoms with E-state index in [0.29, 0.717) is 23.7 Å². The second kappa shape index (κ2) is 16.5. The molecule has 1 N–H and O–H groups in total.